The van der Waals surface area contributed by atoms with Crippen LogP contribution in [0.2, 0.25) is 0 Å². The van der Waals surface area contributed by atoms with Gasteiger partial charge in [0.05, 0.1) is 7.11 Å². The highest BCUT2D eigenvalue weighted by molar-refractivity contribution is 5.81. The number of hydrogen-bond donors (Lipinski definition) is 1. The lowest BCUT2D eigenvalue weighted by molar-refractivity contribution is -0.151. The fourth-order valence-corrected chi connectivity index (χ4v) is 3.77. The van der Waals surface area contributed by atoms with E-state index in [0.717, 1.165) is 45.3 Å². The SMILES string of the molecule is CCCN(CC)CCC1CCCC1(NC(C)C)C(=O)OC. The molecular weight excluding hydrogens is 264 g/mol. The van der Waals surface area contributed by atoms with Crippen LogP contribution in [0.1, 0.15) is 59.8 Å². The summed E-state index contributed by atoms with van der Waals surface area (Å²) in [5.41, 5.74) is -0.464. The van der Waals surface area contributed by atoms with Crippen molar-refractivity contribution in [3.63, 3.8) is 0 Å². The second kappa shape index (κ2) is 8.74. The molecule has 1 N–H and O–H groups in total. The van der Waals surface area contributed by atoms with Crippen molar-refractivity contribution in [3.05, 3.63) is 0 Å². The average molecular weight is 298 g/mol. The van der Waals surface area contributed by atoms with Gasteiger partial charge in [0.2, 0.25) is 0 Å². The Morgan fingerprint density at radius 1 is 1.38 bits per heavy atom. The van der Waals surface area contributed by atoms with Gasteiger partial charge in [0.1, 0.15) is 5.54 Å². The molecule has 0 aromatic heterocycles. The van der Waals surface area contributed by atoms with E-state index in [1.165, 1.54) is 13.5 Å². The summed E-state index contributed by atoms with van der Waals surface area (Å²) in [4.78, 5) is 14.9. The zero-order valence-corrected chi connectivity index (χ0v) is 14.6. The standard InChI is InChI=1S/C17H34N2O2/c1-6-12-19(7-2)13-10-15-9-8-11-17(15,16(20)21-5)18-14(3)4/h14-15,18H,6-13H2,1-5H3. The lowest BCUT2D eigenvalue weighted by Crippen LogP contribution is -2.58. The maximum atomic E-state index is 12.4. The van der Waals surface area contributed by atoms with Crippen molar-refractivity contribution in [1.82, 2.24) is 10.2 Å². The summed E-state index contributed by atoms with van der Waals surface area (Å²) in [5, 5.41) is 3.54. The Hall–Kier alpha value is -0.610. The first-order valence-corrected chi connectivity index (χ1v) is 8.58. The summed E-state index contributed by atoms with van der Waals surface area (Å²) in [5.74, 6) is 0.315. The fourth-order valence-electron chi connectivity index (χ4n) is 3.77. The van der Waals surface area contributed by atoms with E-state index < -0.39 is 5.54 Å². The third kappa shape index (κ3) is 4.68. The van der Waals surface area contributed by atoms with Crippen LogP contribution in [0.25, 0.3) is 0 Å². The van der Waals surface area contributed by atoms with Crippen LogP contribution in [0.15, 0.2) is 0 Å². The molecule has 1 saturated carbocycles. The van der Waals surface area contributed by atoms with E-state index in [9.17, 15) is 4.79 Å². The monoisotopic (exact) mass is 298 g/mol. The Balaban J connectivity index is 2.75. The maximum Gasteiger partial charge on any atom is 0.326 e. The Labute approximate surface area is 130 Å². The van der Waals surface area contributed by atoms with Crippen LogP contribution in [0.5, 0.6) is 0 Å². The summed E-state index contributed by atoms with van der Waals surface area (Å²) in [7, 11) is 1.51. The average Bonchev–Trinajstić information content (AvgIpc) is 2.85. The highest BCUT2D eigenvalue weighted by Crippen LogP contribution is 2.39. The molecular formula is C17H34N2O2. The van der Waals surface area contributed by atoms with E-state index in [-0.39, 0.29) is 5.97 Å². The first-order chi connectivity index (χ1) is 10.00. The number of ether oxygens (including phenoxy) is 1. The molecule has 0 amide bonds. The second-order valence-corrected chi connectivity index (χ2v) is 6.57. The molecule has 1 aliphatic rings. The van der Waals surface area contributed by atoms with Crippen molar-refractivity contribution < 1.29 is 9.53 Å². The molecule has 2 atom stereocenters. The molecule has 4 heteroatoms. The summed E-state index contributed by atoms with van der Waals surface area (Å²) in [6.07, 6.45) is 5.40. The largest absolute Gasteiger partial charge is 0.468 e. The second-order valence-electron chi connectivity index (χ2n) is 6.57. The molecule has 1 aliphatic carbocycles. The first kappa shape index (κ1) is 18.4. The van der Waals surface area contributed by atoms with Gasteiger partial charge in [-0.05, 0) is 65.1 Å². The number of methoxy groups -OCH3 is 1. The Kier molecular flexibility index (Phi) is 7.67. The molecule has 0 aliphatic heterocycles. The van der Waals surface area contributed by atoms with Crippen molar-refractivity contribution in [2.75, 3.05) is 26.7 Å². The van der Waals surface area contributed by atoms with Crippen LogP contribution in [0.4, 0.5) is 0 Å². The number of carbonyl (C=O) groups is 1. The molecule has 0 saturated heterocycles. The van der Waals surface area contributed by atoms with Gasteiger partial charge in [0, 0.05) is 6.04 Å². The van der Waals surface area contributed by atoms with Gasteiger partial charge in [0.15, 0.2) is 0 Å². The summed E-state index contributed by atoms with van der Waals surface area (Å²) < 4.78 is 5.13. The molecule has 0 aromatic rings. The van der Waals surface area contributed by atoms with Gasteiger partial charge in [-0.2, -0.15) is 0 Å². The van der Waals surface area contributed by atoms with Crippen LogP contribution in [0, 0.1) is 5.92 Å². The molecule has 0 aromatic carbocycles. The molecule has 0 bridgehead atoms. The highest BCUT2D eigenvalue weighted by atomic mass is 16.5. The van der Waals surface area contributed by atoms with Crippen LogP contribution in [0.3, 0.4) is 0 Å². The van der Waals surface area contributed by atoms with E-state index in [1.807, 2.05) is 0 Å². The number of hydrogen-bond acceptors (Lipinski definition) is 4. The van der Waals surface area contributed by atoms with Crippen molar-refractivity contribution >= 4 is 5.97 Å². The predicted molar refractivity (Wildman–Crippen MR) is 87.4 cm³/mol. The van der Waals surface area contributed by atoms with Crippen molar-refractivity contribution in [2.24, 2.45) is 5.92 Å². The minimum absolute atomic E-state index is 0.0720. The molecule has 1 rings (SSSR count). The minimum atomic E-state index is -0.464. The van der Waals surface area contributed by atoms with Crippen molar-refractivity contribution in [3.8, 4) is 0 Å². The van der Waals surface area contributed by atoms with E-state index >= 15 is 0 Å². The quantitative estimate of drug-likeness (QED) is 0.665. The molecule has 4 nitrogen and oxygen atoms in total. The maximum absolute atomic E-state index is 12.4. The van der Waals surface area contributed by atoms with Crippen molar-refractivity contribution in [1.29, 1.82) is 0 Å². The Morgan fingerprint density at radius 2 is 2.10 bits per heavy atom. The minimum Gasteiger partial charge on any atom is -0.468 e. The first-order valence-electron chi connectivity index (χ1n) is 8.58. The number of nitrogens with one attached hydrogen (secondary N) is 1. The molecule has 2 unspecified atom stereocenters. The molecule has 0 heterocycles. The third-order valence-electron chi connectivity index (χ3n) is 4.70. The zero-order valence-electron chi connectivity index (χ0n) is 14.6. The zero-order chi connectivity index (χ0) is 15.9. The molecule has 21 heavy (non-hydrogen) atoms. The summed E-state index contributed by atoms with van der Waals surface area (Å²) >= 11 is 0. The Bertz CT molecular complexity index is 320. The van der Waals surface area contributed by atoms with Crippen LogP contribution in [-0.2, 0) is 9.53 Å². The van der Waals surface area contributed by atoms with Gasteiger partial charge in [-0.25, -0.2) is 0 Å². The highest BCUT2D eigenvalue weighted by Gasteiger charge is 2.49. The normalized spacial score (nSPS) is 25.8. The molecule has 0 radical (unpaired) electrons. The third-order valence-corrected chi connectivity index (χ3v) is 4.70. The van der Waals surface area contributed by atoms with Gasteiger partial charge < -0.3 is 9.64 Å². The number of carbonyl (C=O) groups excluding carboxylic acids is 1. The van der Waals surface area contributed by atoms with E-state index in [0.29, 0.717) is 12.0 Å². The number of nitrogens with zero attached hydrogens (tertiary/aromatic N) is 1. The predicted octanol–water partition coefficient (Wildman–Crippen LogP) is 2.82. The topological polar surface area (TPSA) is 41.6 Å². The van der Waals surface area contributed by atoms with E-state index in [1.54, 1.807) is 0 Å². The van der Waals surface area contributed by atoms with Crippen molar-refractivity contribution in [2.45, 2.75) is 71.4 Å². The van der Waals surface area contributed by atoms with Crippen LogP contribution >= 0.6 is 0 Å². The smallest absolute Gasteiger partial charge is 0.326 e. The Morgan fingerprint density at radius 3 is 2.62 bits per heavy atom. The van der Waals surface area contributed by atoms with Gasteiger partial charge in [-0.3, -0.25) is 10.1 Å². The molecule has 1 fully saturated rings. The lowest BCUT2D eigenvalue weighted by Gasteiger charge is -2.36. The fraction of sp³-hybridized carbons (Fsp3) is 0.941. The van der Waals surface area contributed by atoms with Gasteiger partial charge in [-0.15, -0.1) is 0 Å². The van der Waals surface area contributed by atoms with Crippen LogP contribution in [-0.4, -0.2) is 49.2 Å². The molecule has 0 spiro atoms. The summed E-state index contributed by atoms with van der Waals surface area (Å²) in [6.45, 7) is 12.0. The van der Waals surface area contributed by atoms with Gasteiger partial charge in [0.25, 0.3) is 0 Å². The van der Waals surface area contributed by atoms with Gasteiger partial charge >= 0.3 is 5.97 Å². The van der Waals surface area contributed by atoms with Crippen LogP contribution < -0.4 is 5.32 Å². The van der Waals surface area contributed by atoms with E-state index in [2.05, 4.69) is 37.9 Å². The molecule has 124 valence electrons. The van der Waals surface area contributed by atoms with E-state index in [4.69, 9.17) is 4.74 Å². The summed E-state index contributed by atoms with van der Waals surface area (Å²) in [6, 6.07) is 0.294. The number of esters is 1. The van der Waals surface area contributed by atoms with Gasteiger partial charge in [-0.1, -0.05) is 20.3 Å². The lowest BCUT2D eigenvalue weighted by atomic mass is 9.83. The number of rotatable bonds is 9.